The number of amides is 1. The van der Waals surface area contributed by atoms with Gasteiger partial charge in [0.05, 0.1) is 12.1 Å². The Balaban J connectivity index is 1.75. The zero-order chi connectivity index (χ0) is 18.2. The number of thiazole rings is 1. The number of hydrogen-bond donors (Lipinski definition) is 0. The van der Waals surface area contributed by atoms with Crippen LogP contribution in [0.1, 0.15) is 46.2 Å². The summed E-state index contributed by atoms with van der Waals surface area (Å²) < 4.78 is 5.50. The fourth-order valence-corrected chi connectivity index (χ4v) is 4.49. The number of hydrogen-bond acceptors (Lipinski definition) is 6. The van der Waals surface area contributed by atoms with Gasteiger partial charge in [-0.3, -0.25) is 9.69 Å². The SMILES string of the molecule is CCCN1CCOC(=O)C1CC(=O)[N+]1(c2nc(C(C)(C)C)cs2)CC1. The summed E-state index contributed by atoms with van der Waals surface area (Å²) in [4.78, 5) is 32.1. The molecule has 0 N–H and O–H groups in total. The van der Waals surface area contributed by atoms with Gasteiger partial charge in [-0.2, -0.15) is 9.47 Å². The number of rotatable bonds is 5. The van der Waals surface area contributed by atoms with Crippen LogP contribution >= 0.6 is 11.3 Å². The van der Waals surface area contributed by atoms with Gasteiger partial charge in [0.1, 0.15) is 25.7 Å². The fraction of sp³-hybridized carbons (Fsp3) is 0.722. The van der Waals surface area contributed by atoms with E-state index in [1.807, 2.05) is 0 Å². The van der Waals surface area contributed by atoms with Gasteiger partial charge in [-0.05, 0) is 13.0 Å². The lowest BCUT2D eigenvalue weighted by Gasteiger charge is -2.33. The smallest absolute Gasteiger partial charge is 0.324 e. The van der Waals surface area contributed by atoms with Crippen molar-refractivity contribution in [2.75, 3.05) is 32.8 Å². The molecule has 138 valence electrons. The topological polar surface area (TPSA) is 59.5 Å². The molecule has 0 spiro atoms. The van der Waals surface area contributed by atoms with Crippen LogP contribution in [0.5, 0.6) is 0 Å². The summed E-state index contributed by atoms with van der Waals surface area (Å²) in [5, 5.41) is 2.92. The summed E-state index contributed by atoms with van der Waals surface area (Å²) in [5.41, 5.74) is 0.998. The zero-order valence-corrected chi connectivity index (χ0v) is 16.4. The molecule has 2 aliphatic rings. The maximum Gasteiger partial charge on any atom is 0.324 e. The van der Waals surface area contributed by atoms with E-state index in [0.717, 1.165) is 36.9 Å². The van der Waals surface area contributed by atoms with Crippen molar-refractivity contribution in [2.24, 2.45) is 0 Å². The molecule has 3 heterocycles. The lowest BCUT2D eigenvalue weighted by Crippen LogP contribution is -2.52. The Kier molecular flexibility index (Phi) is 5.01. The summed E-state index contributed by atoms with van der Waals surface area (Å²) >= 11 is 1.56. The van der Waals surface area contributed by atoms with Gasteiger partial charge in [0, 0.05) is 17.3 Å². The number of morpholine rings is 1. The Labute approximate surface area is 153 Å². The zero-order valence-electron chi connectivity index (χ0n) is 15.6. The van der Waals surface area contributed by atoms with Crippen molar-refractivity contribution in [3.63, 3.8) is 0 Å². The second kappa shape index (κ2) is 6.78. The van der Waals surface area contributed by atoms with E-state index in [1.165, 1.54) is 0 Å². The second-order valence-electron chi connectivity index (χ2n) is 8.00. The summed E-state index contributed by atoms with van der Waals surface area (Å²) in [6.07, 6.45) is 1.17. The Bertz CT molecular complexity index is 659. The van der Waals surface area contributed by atoms with Gasteiger partial charge in [0.25, 0.3) is 5.13 Å². The molecule has 0 bridgehead atoms. The summed E-state index contributed by atoms with van der Waals surface area (Å²) in [6, 6.07) is -0.446. The predicted octanol–water partition coefficient (Wildman–Crippen LogP) is 2.32. The minimum atomic E-state index is -0.446. The normalized spacial score (nSPS) is 23.4. The largest absolute Gasteiger partial charge is 0.463 e. The van der Waals surface area contributed by atoms with Crippen molar-refractivity contribution in [1.82, 2.24) is 14.4 Å². The van der Waals surface area contributed by atoms with Crippen LogP contribution in [-0.2, 0) is 19.7 Å². The molecule has 0 saturated carbocycles. The third kappa shape index (κ3) is 3.64. The molecule has 3 rings (SSSR count). The monoisotopic (exact) mass is 366 g/mol. The first-order valence-corrected chi connectivity index (χ1v) is 9.93. The van der Waals surface area contributed by atoms with Crippen LogP contribution in [0.4, 0.5) is 5.13 Å². The first kappa shape index (κ1) is 18.5. The number of nitrogens with zero attached hydrogens (tertiary/aromatic N) is 3. The Morgan fingerprint density at radius 3 is 2.72 bits per heavy atom. The lowest BCUT2D eigenvalue weighted by molar-refractivity contribution is -0.159. The number of ether oxygens (including phenoxy) is 1. The van der Waals surface area contributed by atoms with Crippen LogP contribution in [0.2, 0.25) is 0 Å². The van der Waals surface area contributed by atoms with Gasteiger partial charge in [0.15, 0.2) is 0 Å². The number of carbonyl (C=O) groups is 2. The van der Waals surface area contributed by atoms with Gasteiger partial charge >= 0.3 is 11.9 Å². The molecule has 6 nitrogen and oxygen atoms in total. The molecule has 1 atom stereocenters. The first-order chi connectivity index (χ1) is 11.8. The van der Waals surface area contributed by atoms with E-state index >= 15 is 0 Å². The van der Waals surface area contributed by atoms with Gasteiger partial charge in [-0.1, -0.05) is 39.0 Å². The van der Waals surface area contributed by atoms with Crippen LogP contribution in [-0.4, -0.2) is 60.6 Å². The predicted molar refractivity (Wildman–Crippen MR) is 98.6 cm³/mol. The van der Waals surface area contributed by atoms with E-state index in [0.29, 0.717) is 17.6 Å². The Morgan fingerprint density at radius 1 is 1.44 bits per heavy atom. The molecule has 1 amide bonds. The molecule has 0 aromatic carbocycles. The van der Waals surface area contributed by atoms with E-state index in [9.17, 15) is 9.59 Å². The third-order valence-corrected chi connectivity index (χ3v) is 5.98. The average Bonchev–Trinajstić information content (AvgIpc) is 3.19. The minimum absolute atomic E-state index is 0.0249. The van der Waals surface area contributed by atoms with Crippen molar-refractivity contribution < 1.29 is 14.3 Å². The highest BCUT2D eigenvalue weighted by molar-refractivity contribution is 7.13. The first-order valence-electron chi connectivity index (χ1n) is 9.05. The quantitative estimate of drug-likeness (QED) is 0.455. The number of quaternary nitrogens is 1. The molecular formula is C18H28N3O3S+. The van der Waals surface area contributed by atoms with E-state index in [-0.39, 0.29) is 23.7 Å². The van der Waals surface area contributed by atoms with Crippen LogP contribution < -0.4 is 4.48 Å². The molecule has 1 unspecified atom stereocenters. The maximum absolute atomic E-state index is 13.1. The summed E-state index contributed by atoms with van der Waals surface area (Å²) in [7, 11) is 0. The molecule has 2 saturated heterocycles. The van der Waals surface area contributed by atoms with Gasteiger partial charge in [0.2, 0.25) is 0 Å². The molecule has 0 radical (unpaired) electrons. The molecule has 2 fully saturated rings. The summed E-state index contributed by atoms with van der Waals surface area (Å²) in [6.45, 7) is 12.0. The van der Waals surface area contributed by atoms with Crippen molar-refractivity contribution in [3.05, 3.63) is 11.1 Å². The van der Waals surface area contributed by atoms with Crippen LogP contribution in [0.25, 0.3) is 0 Å². The van der Waals surface area contributed by atoms with Crippen molar-refractivity contribution in [2.45, 2.75) is 52.0 Å². The third-order valence-electron chi connectivity index (χ3n) is 4.99. The Morgan fingerprint density at radius 2 is 2.16 bits per heavy atom. The highest BCUT2D eigenvalue weighted by Gasteiger charge is 2.55. The van der Waals surface area contributed by atoms with Gasteiger partial charge < -0.3 is 4.74 Å². The molecule has 0 aliphatic carbocycles. The second-order valence-corrected chi connectivity index (χ2v) is 8.83. The molecule has 25 heavy (non-hydrogen) atoms. The van der Waals surface area contributed by atoms with E-state index < -0.39 is 6.04 Å². The standard InChI is InChI=1S/C18H28N3O3S/c1-5-6-20-7-10-24-16(23)13(20)11-15(22)21(8-9-21)17-19-14(12-25-17)18(2,3)4/h12-13H,5-11H2,1-4H3/q+1. The molecular weight excluding hydrogens is 338 g/mol. The van der Waals surface area contributed by atoms with Crippen LogP contribution in [0.3, 0.4) is 0 Å². The van der Waals surface area contributed by atoms with E-state index in [2.05, 4.69) is 38.0 Å². The summed E-state index contributed by atoms with van der Waals surface area (Å²) in [5.74, 6) is -0.178. The van der Waals surface area contributed by atoms with Crippen molar-refractivity contribution in [1.29, 1.82) is 0 Å². The van der Waals surface area contributed by atoms with Crippen LogP contribution in [0.15, 0.2) is 5.38 Å². The minimum Gasteiger partial charge on any atom is -0.463 e. The maximum atomic E-state index is 13.1. The van der Waals surface area contributed by atoms with Gasteiger partial charge in [-0.15, -0.1) is 0 Å². The van der Waals surface area contributed by atoms with Crippen molar-refractivity contribution in [3.8, 4) is 0 Å². The van der Waals surface area contributed by atoms with Crippen LogP contribution in [0, 0.1) is 0 Å². The van der Waals surface area contributed by atoms with Crippen molar-refractivity contribution >= 4 is 28.3 Å². The molecule has 2 aliphatic heterocycles. The number of esters is 1. The average molecular weight is 367 g/mol. The Hall–Kier alpha value is -1.31. The number of cyclic esters (lactones) is 1. The number of carbonyl (C=O) groups excluding carboxylic acids is 2. The highest BCUT2D eigenvalue weighted by atomic mass is 32.1. The van der Waals surface area contributed by atoms with E-state index in [4.69, 9.17) is 9.72 Å². The highest BCUT2D eigenvalue weighted by Crippen LogP contribution is 2.39. The lowest BCUT2D eigenvalue weighted by atomic mass is 9.93. The fourth-order valence-electron chi connectivity index (χ4n) is 3.22. The van der Waals surface area contributed by atoms with E-state index in [1.54, 1.807) is 11.3 Å². The number of aromatic nitrogens is 1. The molecule has 1 aromatic heterocycles. The molecule has 7 heteroatoms. The van der Waals surface area contributed by atoms with Gasteiger partial charge in [-0.25, -0.2) is 4.79 Å². The molecule has 1 aromatic rings.